The highest BCUT2D eigenvalue weighted by atomic mass is 32.2. The average Bonchev–Trinajstić information content (AvgIpc) is 3.09. The lowest BCUT2D eigenvalue weighted by Crippen LogP contribution is -2.52. The first-order valence-electron chi connectivity index (χ1n) is 7.90. The lowest BCUT2D eigenvalue weighted by Gasteiger charge is -2.36. The SMILES string of the molecule is COc1cc(N2CCN(S(=O)(=O)N3CCCC3)CC2)nc(C)n1. The molecule has 0 atom stereocenters. The molecule has 3 rings (SSSR count). The maximum Gasteiger partial charge on any atom is 0.282 e. The molecule has 0 bridgehead atoms. The van der Waals surface area contributed by atoms with Gasteiger partial charge < -0.3 is 9.64 Å². The van der Waals surface area contributed by atoms with Gasteiger partial charge in [-0.3, -0.25) is 0 Å². The number of piperazine rings is 1. The number of aromatic nitrogens is 2. The van der Waals surface area contributed by atoms with Crippen LogP contribution in [0.4, 0.5) is 5.82 Å². The number of hydrogen-bond acceptors (Lipinski definition) is 6. The van der Waals surface area contributed by atoms with Crippen LogP contribution in [0.3, 0.4) is 0 Å². The fourth-order valence-corrected chi connectivity index (χ4v) is 4.69. The first-order valence-corrected chi connectivity index (χ1v) is 9.30. The van der Waals surface area contributed by atoms with Gasteiger partial charge in [0.15, 0.2) is 0 Å². The second-order valence-corrected chi connectivity index (χ2v) is 7.74. The third-order valence-electron chi connectivity index (χ3n) is 4.29. The van der Waals surface area contributed by atoms with Crippen LogP contribution in [0, 0.1) is 6.92 Å². The van der Waals surface area contributed by atoms with Crippen molar-refractivity contribution in [2.45, 2.75) is 19.8 Å². The van der Waals surface area contributed by atoms with Gasteiger partial charge in [-0.1, -0.05) is 0 Å². The van der Waals surface area contributed by atoms with E-state index in [9.17, 15) is 8.42 Å². The van der Waals surface area contributed by atoms with E-state index >= 15 is 0 Å². The van der Waals surface area contributed by atoms with E-state index in [-0.39, 0.29) is 0 Å². The number of ether oxygens (including phenoxy) is 1. The summed E-state index contributed by atoms with van der Waals surface area (Å²) >= 11 is 0. The standard InChI is InChI=1S/C14H23N5O3S/c1-12-15-13(11-14(16-12)22-2)17-7-9-19(10-8-17)23(20,21)18-5-3-4-6-18/h11H,3-10H2,1-2H3. The van der Waals surface area contributed by atoms with Gasteiger partial charge in [-0.25, -0.2) is 4.98 Å². The van der Waals surface area contributed by atoms with Gasteiger partial charge in [-0.2, -0.15) is 22.0 Å². The summed E-state index contributed by atoms with van der Waals surface area (Å²) in [7, 11) is -1.73. The quantitative estimate of drug-likeness (QED) is 0.781. The number of hydrogen-bond donors (Lipinski definition) is 0. The van der Waals surface area contributed by atoms with E-state index < -0.39 is 10.2 Å². The van der Waals surface area contributed by atoms with Crippen molar-refractivity contribution in [2.75, 3.05) is 51.3 Å². The molecule has 0 unspecified atom stereocenters. The molecule has 2 aliphatic heterocycles. The van der Waals surface area contributed by atoms with Crippen molar-refractivity contribution in [3.05, 3.63) is 11.9 Å². The van der Waals surface area contributed by atoms with Crippen LogP contribution in [0.1, 0.15) is 18.7 Å². The Labute approximate surface area is 137 Å². The van der Waals surface area contributed by atoms with Crippen molar-refractivity contribution in [1.29, 1.82) is 0 Å². The second kappa shape index (κ2) is 6.58. The van der Waals surface area contributed by atoms with E-state index in [1.165, 1.54) is 0 Å². The monoisotopic (exact) mass is 341 g/mol. The van der Waals surface area contributed by atoms with Gasteiger partial charge in [0.2, 0.25) is 5.88 Å². The Hall–Kier alpha value is -1.45. The minimum absolute atomic E-state index is 0.476. The van der Waals surface area contributed by atoms with E-state index in [0.29, 0.717) is 51.0 Å². The summed E-state index contributed by atoms with van der Waals surface area (Å²) in [5.74, 6) is 1.96. The Morgan fingerprint density at radius 1 is 1.00 bits per heavy atom. The molecular formula is C14H23N5O3S. The van der Waals surface area contributed by atoms with Crippen LogP contribution in [0.15, 0.2) is 6.07 Å². The molecule has 3 heterocycles. The Morgan fingerprint density at radius 2 is 1.61 bits per heavy atom. The average molecular weight is 341 g/mol. The molecule has 0 N–H and O–H groups in total. The van der Waals surface area contributed by atoms with E-state index in [2.05, 4.69) is 14.9 Å². The molecule has 8 nitrogen and oxygen atoms in total. The van der Waals surface area contributed by atoms with Crippen molar-refractivity contribution >= 4 is 16.0 Å². The Morgan fingerprint density at radius 3 is 2.22 bits per heavy atom. The topological polar surface area (TPSA) is 78.9 Å². The molecule has 128 valence electrons. The third-order valence-corrected chi connectivity index (χ3v) is 6.33. The molecule has 23 heavy (non-hydrogen) atoms. The van der Waals surface area contributed by atoms with Crippen molar-refractivity contribution < 1.29 is 13.2 Å². The van der Waals surface area contributed by atoms with Crippen LogP contribution in [0.2, 0.25) is 0 Å². The summed E-state index contributed by atoms with van der Waals surface area (Å²) in [6.07, 6.45) is 1.92. The highest BCUT2D eigenvalue weighted by Gasteiger charge is 2.34. The largest absolute Gasteiger partial charge is 0.481 e. The van der Waals surface area contributed by atoms with Crippen molar-refractivity contribution in [1.82, 2.24) is 18.6 Å². The van der Waals surface area contributed by atoms with Crippen LogP contribution in [0.5, 0.6) is 5.88 Å². The van der Waals surface area contributed by atoms with Crippen LogP contribution in [-0.2, 0) is 10.2 Å². The second-order valence-electron chi connectivity index (χ2n) is 5.82. The zero-order valence-corrected chi connectivity index (χ0v) is 14.4. The van der Waals surface area contributed by atoms with Gasteiger partial charge in [-0.05, 0) is 19.8 Å². The van der Waals surface area contributed by atoms with Crippen LogP contribution in [0.25, 0.3) is 0 Å². The lowest BCUT2D eigenvalue weighted by atomic mass is 10.3. The van der Waals surface area contributed by atoms with Gasteiger partial charge in [0.25, 0.3) is 10.2 Å². The Bertz CT molecular complexity index is 652. The highest BCUT2D eigenvalue weighted by Crippen LogP contribution is 2.22. The molecule has 0 radical (unpaired) electrons. The van der Waals surface area contributed by atoms with Crippen LogP contribution in [-0.4, -0.2) is 73.4 Å². The minimum atomic E-state index is -3.31. The molecule has 2 saturated heterocycles. The zero-order chi connectivity index (χ0) is 16.4. The highest BCUT2D eigenvalue weighted by molar-refractivity contribution is 7.86. The van der Waals surface area contributed by atoms with Crippen molar-refractivity contribution in [3.8, 4) is 5.88 Å². The Kier molecular flexibility index (Phi) is 4.69. The molecule has 0 spiro atoms. The Balaban J connectivity index is 1.67. The van der Waals surface area contributed by atoms with Gasteiger partial charge in [-0.15, -0.1) is 0 Å². The summed E-state index contributed by atoms with van der Waals surface area (Å²) in [5, 5.41) is 0. The molecule has 0 amide bonds. The van der Waals surface area contributed by atoms with Gasteiger partial charge in [0, 0.05) is 45.3 Å². The van der Waals surface area contributed by atoms with E-state index in [4.69, 9.17) is 4.74 Å². The third kappa shape index (κ3) is 3.41. The molecule has 2 fully saturated rings. The summed E-state index contributed by atoms with van der Waals surface area (Å²) in [6, 6.07) is 1.79. The summed E-state index contributed by atoms with van der Waals surface area (Å²) in [4.78, 5) is 10.7. The maximum atomic E-state index is 12.6. The number of methoxy groups -OCH3 is 1. The lowest BCUT2D eigenvalue weighted by molar-refractivity contribution is 0.342. The first kappa shape index (κ1) is 16.4. The van der Waals surface area contributed by atoms with E-state index in [1.54, 1.807) is 21.8 Å². The molecule has 1 aromatic heterocycles. The number of aryl methyl sites for hydroxylation is 1. The molecule has 0 aliphatic carbocycles. The fraction of sp³-hybridized carbons (Fsp3) is 0.714. The van der Waals surface area contributed by atoms with Crippen LogP contribution >= 0.6 is 0 Å². The maximum absolute atomic E-state index is 12.6. The number of anilines is 1. The minimum Gasteiger partial charge on any atom is -0.481 e. The van der Waals surface area contributed by atoms with Gasteiger partial charge in [0.05, 0.1) is 7.11 Å². The molecule has 0 saturated carbocycles. The molecule has 0 aromatic carbocycles. The summed E-state index contributed by atoms with van der Waals surface area (Å²) in [6.45, 7) is 5.30. The van der Waals surface area contributed by atoms with Crippen LogP contribution < -0.4 is 9.64 Å². The fourth-order valence-electron chi connectivity index (χ4n) is 3.02. The predicted molar refractivity (Wildman–Crippen MR) is 86.8 cm³/mol. The normalized spacial score (nSPS) is 20.9. The molecular weight excluding hydrogens is 318 g/mol. The molecule has 9 heteroatoms. The van der Waals surface area contributed by atoms with E-state index in [0.717, 1.165) is 18.7 Å². The van der Waals surface area contributed by atoms with Crippen molar-refractivity contribution in [3.63, 3.8) is 0 Å². The van der Waals surface area contributed by atoms with E-state index in [1.807, 2.05) is 6.92 Å². The van der Waals surface area contributed by atoms with Crippen molar-refractivity contribution in [2.24, 2.45) is 0 Å². The first-order chi connectivity index (χ1) is 11.0. The molecule has 2 aliphatic rings. The summed E-state index contributed by atoms with van der Waals surface area (Å²) < 4.78 is 33.5. The van der Waals surface area contributed by atoms with Gasteiger partial charge in [0.1, 0.15) is 11.6 Å². The van der Waals surface area contributed by atoms with Gasteiger partial charge >= 0.3 is 0 Å². The summed E-state index contributed by atoms with van der Waals surface area (Å²) in [5.41, 5.74) is 0. The predicted octanol–water partition coefficient (Wildman–Crippen LogP) is 0.256. The zero-order valence-electron chi connectivity index (χ0n) is 13.6. The number of rotatable bonds is 4. The smallest absolute Gasteiger partial charge is 0.282 e. The number of nitrogens with zero attached hydrogens (tertiary/aromatic N) is 5. The molecule has 1 aromatic rings.